The Hall–Kier alpha value is -3.52. The Balaban J connectivity index is 1.58. The summed E-state index contributed by atoms with van der Waals surface area (Å²) in [5.74, 6) is -0.282. The molecule has 0 aliphatic carbocycles. The number of amides is 2. The van der Waals surface area contributed by atoms with Gasteiger partial charge in [-0.3, -0.25) is 14.5 Å². The number of carbonyl (C=O) groups excluding carboxylic acids is 2. The zero-order valence-corrected chi connectivity index (χ0v) is 16.7. The van der Waals surface area contributed by atoms with Crippen molar-refractivity contribution in [3.8, 4) is 5.69 Å². The van der Waals surface area contributed by atoms with Crippen LogP contribution in [-0.4, -0.2) is 45.1 Å². The monoisotopic (exact) mass is 392 g/mol. The highest BCUT2D eigenvalue weighted by molar-refractivity contribution is 5.94. The van der Waals surface area contributed by atoms with Gasteiger partial charge in [-0.2, -0.15) is 5.10 Å². The zero-order valence-electron chi connectivity index (χ0n) is 16.7. The lowest BCUT2D eigenvalue weighted by Gasteiger charge is -2.24. The summed E-state index contributed by atoms with van der Waals surface area (Å²) in [5, 5.41) is 9.69. The molecule has 8 heteroatoms. The van der Waals surface area contributed by atoms with Crippen molar-refractivity contribution in [2.45, 2.75) is 19.9 Å². The molecule has 8 nitrogen and oxygen atoms in total. The molecule has 3 aromatic rings. The third-order valence-electron chi connectivity index (χ3n) is 4.58. The van der Waals surface area contributed by atoms with Gasteiger partial charge in [0.15, 0.2) is 0 Å². The van der Waals surface area contributed by atoms with Gasteiger partial charge < -0.3 is 10.6 Å². The molecule has 3 rings (SSSR count). The largest absolute Gasteiger partial charge is 0.326 e. The van der Waals surface area contributed by atoms with Crippen molar-refractivity contribution < 1.29 is 9.59 Å². The van der Waals surface area contributed by atoms with Crippen LogP contribution in [0.4, 0.5) is 11.4 Å². The van der Waals surface area contributed by atoms with E-state index in [2.05, 4.69) is 27.6 Å². The minimum atomic E-state index is -0.156. The van der Waals surface area contributed by atoms with Crippen LogP contribution in [0.3, 0.4) is 0 Å². The van der Waals surface area contributed by atoms with E-state index in [0.717, 1.165) is 11.3 Å². The molecule has 150 valence electrons. The molecular formula is C21H24N6O2. The predicted octanol–water partition coefficient (Wildman–Crippen LogP) is 2.86. The molecule has 1 atom stereocenters. The maximum atomic E-state index is 12.4. The maximum Gasteiger partial charge on any atom is 0.238 e. The van der Waals surface area contributed by atoms with Crippen LogP contribution in [0.25, 0.3) is 5.69 Å². The number of benzene rings is 2. The van der Waals surface area contributed by atoms with Gasteiger partial charge in [0.25, 0.3) is 0 Å². The molecule has 1 unspecified atom stereocenters. The number of nitrogens with zero attached hydrogens (tertiary/aromatic N) is 4. The van der Waals surface area contributed by atoms with Gasteiger partial charge in [0.1, 0.15) is 12.7 Å². The summed E-state index contributed by atoms with van der Waals surface area (Å²) in [7, 11) is 1.91. The Labute approximate surface area is 169 Å². The van der Waals surface area contributed by atoms with Crippen LogP contribution in [0.5, 0.6) is 0 Å². The first-order valence-corrected chi connectivity index (χ1v) is 9.25. The van der Waals surface area contributed by atoms with Crippen molar-refractivity contribution in [3.63, 3.8) is 0 Å². The van der Waals surface area contributed by atoms with Gasteiger partial charge in [-0.25, -0.2) is 9.67 Å². The SMILES string of the molecule is CC(=O)Nc1cccc(NC(=O)CN(C)C(C)c2ccc(-n3cncn3)cc2)c1. The summed E-state index contributed by atoms with van der Waals surface area (Å²) in [4.78, 5) is 29.5. The highest BCUT2D eigenvalue weighted by Gasteiger charge is 2.15. The van der Waals surface area contributed by atoms with Crippen LogP contribution in [0.2, 0.25) is 0 Å². The molecule has 2 N–H and O–H groups in total. The second-order valence-electron chi connectivity index (χ2n) is 6.83. The van der Waals surface area contributed by atoms with Crippen LogP contribution >= 0.6 is 0 Å². The van der Waals surface area contributed by atoms with E-state index >= 15 is 0 Å². The quantitative estimate of drug-likeness (QED) is 0.645. The van der Waals surface area contributed by atoms with Gasteiger partial charge in [0.2, 0.25) is 11.8 Å². The molecule has 0 saturated carbocycles. The summed E-state index contributed by atoms with van der Waals surface area (Å²) in [6.07, 6.45) is 3.14. The highest BCUT2D eigenvalue weighted by atomic mass is 16.2. The van der Waals surface area contributed by atoms with E-state index in [-0.39, 0.29) is 24.4 Å². The minimum absolute atomic E-state index is 0.0521. The third kappa shape index (κ3) is 5.49. The lowest BCUT2D eigenvalue weighted by molar-refractivity contribution is -0.117. The molecule has 0 bridgehead atoms. The van der Waals surface area contributed by atoms with Gasteiger partial charge in [0.05, 0.1) is 12.2 Å². The maximum absolute atomic E-state index is 12.4. The molecule has 2 aromatic carbocycles. The first-order valence-electron chi connectivity index (χ1n) is 9.25. The Kier molecular flexibility index (Phi) is 6.36. The molecular weight excluding hydrogens is 368 g/mol. The van der Waals surface area contributed by atoms with Crippen molar-refractivity contribution in [1.82, 2.24) is 19.7 Å². The standard InChI is InChI=1S/C21H24N6O2/c1-15(17-7-9-20(10-8-17)27-14-22-13-23-27)26(3)12-21(29)25-19-6-4-5-18(11-19)24-16(2)28/h4-11,13-15H,12H2,1-3H3,(H,24,28)(H,25,29). The molecule has 1 aromatic heterocycles. The van der Waals surface area contributed by atoms with Crippen LogP contribution in [0, 0.1) is 0 Å². The first kappa shape index (κ1) is 20.2. The summed E-state index contributed by atoms with van der Waals surface area (Å²) in [5.41, 5.74) is 3.30. The second kappa shape index (κ2) is 9.11. The number of hydrogen-bond acceptors (Lipinski definition) is 5. The van der Waals surface area contributed by atoms with Gasteiger partial charge in [-0.1, -0.05) is 18.2 Å². The average molecular weight is 392 g/mol. The lowest BCUT2D eigenvalue weighted by Crippen LogP contribution is -2.32. The smallest absolute Gasteiger partial charge is 0.238 e. The summed E-state index contributed by atoms with van der Waals surface area (Å²) >= 11 is 0. The Morgan fingerprint density at radius 1 is 1.10 bits per heavy atom. The predicted molar refractivity (Wildman–Crippen MR) is 112 cm³/mol. The second-order valence-corrected chi connectivity index (χ2v) is 6.83. The van der Waals surface area contributed by atoms with Crippen molar-refractivity contribution >= 4 is 23.2 Å². The molecule has 0 aliphatic heterocycles. The number of nitrogens with one attached hydrogen (secondary N) is 2. The van der Waals surface area contributed by atoms with Crippen LogP contribution in [0.1, 0.15) is 25.5 Å². The number of hydrogen-bond donors (Lipinski definition) is 2. The van der Waals surface area contributed by atoms with Crippen molar-refractivity contribution in [2.24, 2.45) is 0 Å². The fraction of sp³-hybridized carbons (Fsp3) is 0.238. The first-order chi connectivity index (χ1) is 13.9. The van der Waals surface area contributed by atoms with E-state index in [1.54, 1.807) is 35.3 Å². The van der Waals surface area contributed by atoms with Crippen LogP contribution in [0.15, 0.2) is 61.2 Å². The van der Waals surface area contributed by atoms with E-state index in [1.807, 2.05) is 36.2 Å². The molecule has 0 radical (unpaired) electrons. The van der Waals surface area contributed by atoms with E-state index < -0.39 is 0 Å². The summed E-state index contributed by atoms with van der Waals surface area (Å²) in [6.45, 7) is 3.73. The number of rotatable bonds is 7. The molecule has 0 spiro atoms. The van der Waals surface area contributed by atoms with Gasteiger partial charge >= 0.3 is 0 Å². The third-order valence-corrected chi connectivity index (χ3v) is 4.58. The molecule has 0 fully saturated rings. The normalized spacial score (nSPS) is 11.9. The topological polar surface area (TPSA) is 92.2 Å². The van der Waals surface area contributed by atoms with Gasteiger partial charge in [0, 0.05) is 24.3 Å². The van der Waals surface area contributed by atoms with Crippen molar-refractivity contribution in [2.75, 3.05) is 24.2 Å². The van der Waals surface area contributed by atoms with Crippen molar-refractivity contribution in [1.29, 1.82) is 0 Å². The lowest BCUT2D eigenvalue weighted by atomic mass is 10.1. The van der Waals surface area contributed by atoms with E-state index in [4.69, 9.17) is 0 Å². The Morgan fingerprint density at radius 3 is 2.41 bits per heavy atom. The Bertz CT molecular complexity index is 969. The van der Waals surface area contributed by atoms with E-state index in [0.29, 0.717) is 11.4 Å². The van der Waals surface area contributed by atoms with Crippen molar-refractivity contribution in [3.05, 3.63) is 66.7 Å². The molecule has 29 heavy (non-hydrogen) atoms. The average Bonchev–Trinajstić information content (AvgIpc) is 3.22. The number of likely N-dealkylation sites (N-methyl/N-ethyl adjacent to an activating group) is 1. The Morgan fingerprint density at radius 2 is 1.79 bits per heavy atom. The van der Waals surface area contributed by atoms with Gasteiger partial charge in [-0.15, -0.1) is 0 Å². The number of aromatic nitrogens is 3. The molecule has 0 aliphatic rings. The number of anilines is 2. The summed E-state index contributed by atoms with van der Waals surface area (Å²) in [6, 6.07) is 15.1. The molecule has 2 amide bonds. The minimum Gasteiger partial charge on any atom is -0.326 e. The summed E-state index contributed by atoms with van der Waals surface area (Å²) < 4.78 is 1.70. The fourth-order valence-electron chi connectivity index (χ4n) is 2.94. The van der Waals surface area contributed by atoms with Crippen LogP contribution in [-0.2, 0) is 9.59 Å². The molecule has 1 heterocycles. The van der Waals surface area contributed by atoms with E-state index in [9.17, 15) is 9.59 Å². The zero-order chi connectivity index (χ0) is 20.8. The number of carbonyl (C=O) groups is 2. The van der Waals surface area contributed by atoms with Crippen LogP contribution < -0.4 is 10.6 Å². The fourth-order valence-corrected chi connectivity index (χ4v) is 2.94. The highest BCUT2D eigenvalue weighted by Crippen LogP contribution is 2.20. The van der Waals surface area contributed by atoms with Gasteiger partial charge in [-0.05, 0) is 49.9 Å². The molecule has 0 saturated heterocycles. The van der Waals surface area contributed by atoms with E-state index in [1.165, 1.54) is 13.3 Å².